The zero-order valence-electron chi connectivity index (χ0n) is 14.4. The lowest BCUT2D eigenvalue weighted by molar-refractivity contribution is 0.173. The molecule has 2 aromatic rings. The maximum atomic E-state index is 3.43. The zero-order valence-corrected chi connectivity index (χ0v) is 14.4. The Labute approximate surface area is 145 Å². The molecule has 2 aromatic carbocycles. The predicted molar refractivity (Wildman–Crippen MR) is 99.9 cm³/mol. The molecule has 0 radical (unpaired) electrons. The van der Waals surface area contributed by atoms with Crippen molar-refractivity contribution in [1.82, 2.24) is 15.1 Å². The normalized spacial score (nSPS) is 19.2. The molecule has 126 valence electrons. The van der Waals surface area contributed by atoms with Crippen LogP contribution in [0.4, 0.5) is 0 Å². The number of benzene rings is 2. The Morgan fingerprint density at radius 1 is 0.792 bits per heavy atom. The SMILES string of the molecule is c1cc(CN2CCNCC2)cc(-c2ccccc2CN2CCC2)c1. The van der Waals surface area contributed by atoms with Crippen LogP contribution >= 0.6 is 0 Å². The van der Waals surface area contributed by atoms with Crippen LogP contribution in [-0.4, -0.2) is 49.1 Å². The van der Waals surface area contributed by atoms with Gasteiger partial charge in [0.2, 0.25) is 0 Å². The van der Waals surface area contributed by atoms with E-state index in [-0.39, 0.29) is 0 Å². The summed E-state index contributed by atoms with van der Waals surface area (Å²) in [6.45, 7) is 9.15. The molecule has 2 fully saturated rings. The van der Waals surface area contributed by atoms with E-state index >= 15 is 0 Å². The van der Waals surface area contributed by atoms with Crippen LogP contribution in [0.3, 0.4) is 0 Å². The van der Waals surface area contributed by atoms with Gasteiger partial charge in [0.15, 0.2) is 0 Å². The number of nitrogens with one attached hydrogen (secondary N) is 1. The lowest BCUT2D eigenvalue weighted by atomic mass is 9.97. The van der Waals surface area contributed by atoms with Crippen LogP contribution in [0, 0.1) is 0 Å². The van der Waals surface area contributed by atoms with Crippen molar-refractivity contribution in [3.63, 3.8) is 0 Å². The third-order valence-electron chi connectivity index (χ3n) is 5.21. The van der Waals surface area contributed by atoms with Gasteiger partial charge < -0.3 is 5.32 Å². The average Bonchev–Trinajstić information content (AvgIpc) is 2.60. The smallest absolute Gasteiger partial charge is 0.0239 e. The second kappa shape index (κ2) is 7.47. The maximum Gasteiger partial charge on any atom is 0.0239 e. The number of hydrogen-bond acceptors (Lipinski definition) is 3. The predicted octanol–water partition coefficient (Wildman–Crippen LogP) is 2.96. The number of hydrogen-bond donors (Lipinski definition) is 1. The highest BCUT2D eigenvalue weighted by Gasteiger charge is 2.16. The Kier molecular flexibility index (Phi) is 4.93. The molecule has 0 bridgehead atoms. The van der Waals surface area contributed by atoms with Crippen LogP contribution in [0.1, 0.15) is 17.5 Å². The monoisotopic (exact) mass is 321 g/mol. The summed E-state index contributed by atoms with van der Waals surface area (Å²) in [5.74, 6) is 0. The molecule has 2 aliphatic heterocycles. The minimum Gasteiger partial charge on any atom is -0.314 e. The lowest BCUT2D eigenvalue weighted by Gasteiger charge is -2.31. The lowest BCUT2D eigenvalue weighted by Crippen LogP contribution is -2.42. The average molecular weight is 321 g/mol. The van der Waals surface area contributed by atoms with Crippen LogP contribution in [0.2, 0.25) is 0 Å². The third-order valence-corrected chi connectivity index (χ3v) is 5.21. The molecular weight excluding hydrogens is 294 g/mol. The highest BCUT2D eigenvalue weighted by Crippen LogP contribution is 2.27. The van der Waals surface area contributed by atoms with Crippen LogP contribution in [0.25, 0.3) is 11.1 Å². The Morgan fingerprint density at radius 2 is 1.58 bits per heavy atom. The Bertz CT molecular complexity index is 672. The van der Waals surface area contributed by atoms with Crippen molar-refractivity contribution in [3.05, 3.63) is 59.7 Å². The van der Waals surface area contributed by atoms with E-state index in [4.69, 9.17) is 0 Å². The van der Waals surface area contributed by atoms with E-state index in [2.05, 4.69) is 63.6 Å². The Morgan fingerprint density at radius 3 is 2.38 bits per heavy atom. The van der Waals surface area contributed by atoms with Crippen LogP contribution < -0.4 is 5.32 Å². The Balaban J connectivity index is 1.54. The summed E-state index contributed by atoms with van der Waals surface area (Å²) in [6.07, 6.45) is 1.35. The third kappa shape index (κ3) is 3.69. The number of likely N-dealkylation sites (tertiary alicyclic amines) is 1. The van der Waals surface area contributed by atoms with Crippen molar-refractivity contribution in [3.8, 4) is 11.1 Å². The molecule has 0 unspecified atom stereocenters. The summed E-state index contributed by atoms with van der Waals surface area (Å²) < 4.78 is 0. The van der Waals surface area contributed by atoms with E-state index in [1.165, 1.54) is 41.8 Å². The van der Waals surface area contributed by atoms with Gasteiger partial charge in [-0.1, -0.05) is 42.5 Å². The van der Waals surface area contributed by atoms with Gasteiger partial charge in [-0.2, -0.15) is 0 Å². The molecule has 0 atom stereocenters. The van der Waals surface area contributed by atoms with Crippen LogP contribution in [-0.2, 0) is 13.1 Å². The molecule has 0 amide bonds. The molecule has 0 spiro atoms. The maximum absolute atomic E-state index is 3.43. The van der Waals surface area contributed by atoms with Gasteiger partial charge >= 0.3 is 0 Å². The minimum atomic E-state index is 1.06. The van der Waals surface area contributed by atoms with Gasteiger partial charge in [-0.3, -0.25) is 9.80 Å². The van der Waals surface area contributed by atoms with Crippen molar-refractivity contribution in [2.24, 2.45) is 0 Å². The van der Waals surface area contributed by atoms with E-state index in [1.807, 2.05) is 0 Å². The van der Waals surface area contributed by atoms with Crippen molar-refractivity contribution in [2.75, 3.05) is 39.3 Å². The fourth-order valence-electron chi connectivity index (χ4n) is 3.69. The number of piperazine rings is 1. The largest absolute Gasteiger partial charge is 0.314 e. The molecule has 4 rings (SSSR count). The molecule has 0 aromatic heterocycles. The van der Waals surface area contributed by atoms with Crippen LogP contribution in [0.15, 0.2) is 48.5 Å². The van der Waals surface area contributed by atoms with Crippen molar-refractivity contribution in [1.29, 1.82) is 0 Å². The zero-order chi connectivity index (χ0) is 16.2. The second-order valence-corrected chi connectivity index (χ2v) is 7.01. The summed E-state index contributed by atoms with van der Waals surface area (Å²) in [5, 5.41) is 3.43. The summed E-state index contributed by atoms with van der Waals surface area (Å²) in [6, 6.07) is 18.0. The molecular formula is C21H27N3. The van der Waals surface area contributed by atoms with Gasteiger partial charge in [0.05, 0.1) is 0 Å². The van der Waals surface area contributed by atoms with E-state index < -0.39 is 0 Å². The first kappa shape index (κ1) is 15.8. The molecule has 1 N–H and O–H groups in total. The fourth-order valence-corrected chi connectivity index (χ4v) is 3.69. The number of nitrogens with zero attached hydrogens (tertiary/aromatic N) is 2. The molecule has 24 heavy (non-hydrogen) atoms. The summed E-state index contributed by atoms with van der Waals surface area (Å²) in [7, 11) is 0. The van der Waals surface area contributed by atoms with Gasteiger partial charge in [-0.05, 0) is 47.8 Å². The van der Waals surface area contributed by atoms with Gasteiger partial charge in [0, 0.05) is 39.3 Å². The molecule has 3 heteroatoms. The first-order chi connectivity index (χ1) is 11.9. The highest BCUT2D eigenvalue weighted by molar-refractivity contribution is 5.68. The van der Waals surface area contributed by atoms with Crippen LogP contribution in [0.5, 0.6) is 0 Å². The molecule has 3 nitrogen and oxygen atoms in total. The minimum absolute atomic E-state index is 1.06. The van der Waals surface area contributed by atoms with E-state index in [0.29, 0.717) is 0 Å². The molecule has 2 saturated heterocycles. The first-order valence-corrected chi connectivity index (χ1v) is 9.21. The van der Waals surface area contributed by atoms with Crippen molar-refractivity contribution in [2.45, 2.75) is 19.5 Å². The van der Waals surface area contributed by atoms with Crippen molar-refractivity contribution < 1.29 is 0 Å². The van der Waals surface area contributed by atoms with E-state index in [0.717, 1.165) is 39.3 Å². The van der Waals surface area contributed by atoms with E-state index in [1.54, 1.807) is 0 Å². The molecule has 2 aliphatic rings. The summed E-state index contributed by atoms with van der Waals surface area (Å²) in [4.78, 5) is 5.07. The molecule has 0 saturated carbocycles. The first-order valence-electron chi connectivity index (χ1n) is 9.21. The van der Waals surface area contributed by atoms with E-state index in [9.17, 15) is 0 Å². The number of rotatable bonds is 5. The molecule has 2 heterocycles. The molecule has 0 aliphatic carbocycles. The van der Waals surface area contributed by atoms with Gasteiger partial charge in [-0.25, -0.2) is 0 Å². The Hall–Kier alpha value is -1.68. The topological polar surface area (TPSA) is 18.5 Å². The van der Waals surface area contributed by atoms with Gasteiger partial charge in [0.25, 0.3) is 0 Å². The summed E-state index contributed by atoms with van der Waals surface area (Å²) in [5.41, 5.74) is 5.63. The standard InChI is InChI=1S/C21H27N3/c1-2-8-21(20(6-1)17-23-11-4-12-23)19-7-3-5-18(15-19)16-24-13-9-22-10-14-24/h1-3,5-8,15,22H,4,9-14,16-17H2. The summed E-state index contributed by atoms with van der Waals surface area (Å²) >= 11 is 0. The second-order valence-electron chi connectivity index (χ2n) is 7.01. The fraction of sp³-hybridized carbons (Fsp3) is 0.429. The van der Waals surface area contributed by atoms with Gasteiger partial charge in [0.1, 0.15) is 0 Å². The highest BCUT2D eigenvalue weighted by atomic mass is 15.2. The van der Waals surface area contributed by atoms with Gasteiger partial charge in [-0.15, -0.1) is 0 Å². The van der Waals surface area contributed by atoms with Crippen molar-refractivity contribution >= 4 is 0 Å². The quantitative estimate of drug-likeness (QED) is 0.913.